The summed E-state index contributed by atoms with van der Waals surface area (Å²) in [6.07, 6.45) is -10.4. The number of carbonyl (C=O) groups excluding carboxylic acids is 1. The molecule has 0 fully saturated rings. The molecule has 1 heterocycles. The smallest absolute Gasteiger partial charge is 0.369 e. The molecule has 3 N–H and O–H groups in total. The Morgan fingerprint density at radius 2 is 1.59 bits per heavy atom. The molecule has 0 bridgehead atoms. The zero-order valence-electron chi connectivity index (χ0n) is 20.9. The third kappa shape index (κ3) is 6.33. The summed E-state index contributed by atoms with van der Waals surface area (Å²) in [5.41, 5.74) is -4.45. The number of anilines is 1. The second-order valence-electron chi connectivity index (χ2n) is 9.24. The predicted octanol–water partition coefficient (Wildman–Crippen LogP) is 5.97. The van der Waals surface area contributed by atoms with Crippen LogP contribution in [0.15, 0.2) is 65.6 Å². The predicted molar refractivity (Wildman–Crippen MR) is 143 cm³/mol. The number of sulfone groups is 1. The van der Waals surface area contributed by atoms with Gasteiger partial charge in [0.25, 0.3) is 5.60 Å². The molecule has 222 valence electrons. The molecule has 3 aromatic rings. The van der Waals surface area contributed by atoms with Gasteiger partial charge in [0.15, 0.2) is 9.84 Å². The van der Waals surface area contributed by atoms with E-state index in [1.807, 2.05) is 0 Å². The molecule has 1 amide bonds. The zero-order chi connectivity index (χ0) is 29.7. The van der Waals surface area contributed by atoms with Crippen molar-refractivity contribution in [3.05, 3.63) is 82.4 Å². The Morgan fingerprint density at radius 1 is 0.976 bits per heavy atom. The zero-order valence-corrected chi connectivity index (χ0v) is 23.3. The lowest BCUT2D eigenvalue weighted by molar-refractivity contribution is -0.376. The number of halogens is 8. The maximum absolute atomic E-state index is 13.1. The summed E-state index contributed by atoms with van der Waals surface area (Å²) in [5, 5.41) is 15.4. The van der Waals surface area contributed by atoms with E-state index in [0.29, 0.717) is 36.2 Å². The number of benzene rings is 3. The Hall–Kier alpha value is -2.84. The molecular formula is C26H22Cl2F6N2O4S. The van der Waals surface area contributed by atoms with Gasteiger partial charge in [-0.3, -0.25) is 4.79 Å². The Bertz CT molecular complexity index is 1550. The minimum Gasteiger partial charge on any atom is -0.369 e. The lowest BCUT2D eigenvalue weighted by atomic mass is 9.90. The summed E-state index contributed by atoms with van der Waals surface area (Å²) in [5.74, 6) is -0.459. The Morgan fingerprint density at radius 3 is 2.12 bits per heavy atom. The van der Waals surface area contributed by atoms with Gasteiger partial charge < -0.3 is 15.7 Å². The number of fused-ring (bicyclic) bond motifs is 1. The molecule has 0 radical (unpaired) electrons. The van der Waals surface area contributed by atoms with E-state index in [1.165, 1.54) is 30.3 Å². The van der Waals surface area contributed by atoms with Crippen LogP contribution in [0.1, 0.15) is 22.7 Å². The van der Waals surface area contributed by atoms with Gasteiger partial charge in [-0.15, -0.1) is 12.4 Å². The van der Waals surface area contributed by atoms with E-state index in [-0.39, 0.29) is 39.1 Å². The van der Waals surface area contributed by atoms with Gasteiger partial charge in [-0.25, -0.2) is 8.42 Å². The molecule has 0 spiro atoms. The van der Waals surface area contributed by atoms with E-state index in [9.17, 15) is 44.7 Å². The van der Waals surface area contributed by atoms with E-state index < -0.39 is 45.3 Å². The van der Waals surface area contributed by atoms with Crippen LogP contribution in [0.2, 0.25) is 5.02 Å². The topological polar surface area (TPSA) is 95.5 Å². The molecular weight excluding hydrogens is 621 g/mol. The molecule has 0 saturated carbocycles. The van der Waals surface area contributed by atoms with E-state index in [1.54, 1.807) is 6.07 Å². The third-order valence-electron chi connectivity index (χ3n) is 6.53. The maximum Gasteiger partial charge on any atom is 0.430 e. The first kappa shape index (κ1) is 32.7. The SMILES string of the molecule is CS(=O)(=O)c1ccc2c(c1)CCNC2C(=O)Nc1ccc(-c2ccc(C(O)(C(F)(F)F)C(F)(F)F)cc2)c(Cl)c1.Cl. The van der Waals surface area contributed by atoms with E-state index in [4.69, 9.17) is 11.6 Å². The number of aliphatic hydroxyl groups is 1. The first-order valence-electron chi connectivity index (χ1n) is 11.6. The number of carbonyl (C=O) groups is 1. The van der Waals surface area contributed by atoms with Gasteiger partial charge in [0.2, 0.25) is 5.91 Å². The lowest BCUT2D eigenvalue weighted by Gasteiger charge is -2.32. The number of alkyl halides is 6. The largest absolute Gasteiger partial charge is 0.430 e. The van der Waals surface area contributed by atoms with E-state index in [0.717, 1.165) is 18.4 Å². The molecule has 0 aliphatic carbocycles. The molecule has 1 atom stereocenters. The van der Waals surface area contributed by atoms with Crippen LogP contribution in [0.4, 0.5) is 32.0 Å². The first-order valence-corrected chi connectivity index (χ1v) is 13.8. The highest BCUT2D eigenvalue weighted by atomic mass is 35.5. The lowest BCUT2D eigenvalue weighted by Crippen LogP contribution is -2.53. The Kier molecular flexibility index (Phi) is 9.12. The molecule has 0 aromatic heterocycles. The van der Waals surface area contributed by atoms with Gasteiger partial charge in [-0.1, -0.05) is 48.0 Å². The minimum absolute atomic E-state index is 0. The first-order chi connectivity index (χ1) is 18.4. The van der Waals surface area contributed by atoms with Crippen LogP contribution in [-0.2, 0) is 26.7 Å². The highest BCUT2D eigenvalue weighted by molar-refractivity contribution is 7.90. The van der Waals surface area contributed by atoms with Crippen LogP contribution >= 0.6 is 24.0 Å². The molecule has 6 nitrogen and oxygen atoms in total. The van der Waals surface area contributed by atoms with Crippen molar-refractivity contribution >= 4 is 45.4 Å². The van der Waals surface area contributed by atoms with Crippen LogP contribution < -0.4 is 10.6 Å². The number of hydrogen-bond acceptors (Lipinski definition) is 5. The third-order valence-corrected chi connectivity index (χ3v) is 7.95. The van der Waals surface area contributed by atoms with Gasteiger partial charge in [-0.2, -0.15) is 26.3 Å². The second kappa shape index (κ2) is 11.4. The number of nitrogens with one attached hydrogen (secondary N) is 2. The van der Waals surface area contributed by atoms with Gasteiger partial charge >= 0.3 is 12.4 Å². The van der Waals surface area contributed by atoms with Crippen LogP contribution in [0, 0.1) is 0 Å². The van der Waals surface area contributed by atoms with E-state index in [2.05, 4.69) is 10.6 Å². The highest BCUT2D eigenvalue weighted by Gasteiger charge is 2.71. The standard InChI is InChI=1S/C26H21ClF6N2O4S.ClH/c1-40(38,39)18-7-9-20-15(12-18)10-11-34-22(20)23(36)35-17-6-8-19(21(27)13-17)14-2-4-16(5-3-14)24(37,25(28,29)30)26(31,32)33;/h2-9,12-13,22,34,37H,10-11H2,1H3,(H,35,36);1H. The molecule has 15 heteroatoms. The summed E-state index contributed by atoms with van der Waals surface area (Å²) in [6.45, 7) is 0.422. The van der Waals surface area contributed by atoms with Crippen molar-refractivity contribution in [1.82, 2.24) is 5.32 Å². The van der Waals surface area contributed by atoms with Gasteiger partial charge in [0.05, 0.1) is 9.92 Å². The van der Waals surface area contributed by atoms with Crippen LogP contribution in [0.3, 0.4) is 0 Å². The molecule has 1 unspecified atom stereocenters. The number of hydrogen-bond donors (Lipinski definition) is 3. The van der Waals surface area contributed by atoms with Crippen molar-refractivity contribution < 1.29 is 44.7 Å². The summed E-state index contributed by atoms with van der Waals surface area (Å²) in [4.78, 5) is 13.2. The highest BCUT2D eigenvalue weighted by Crippen LogP contribution is 2.50. The monoisotopic (exact) mass is 642 g/mol. The molecule has 3 aromatic carbocycles. The van der Waals surface area contributed by atoms with Gasteiger partial charge in [0, 0.05) is 29.6 Å². The van der Waals surface area contributed by atoms with Crippen LogP contribution in [0.5, 0.6) is 0 Å². The van der Waals surface area contributed by atoms with Crippen LogP contribution in [0.25, 0.3) is 11.1 Å². The second-order valence-corrected chi connectivity index (χ2v) is 11.7. The van der Waals surface area contributed by atoms with Crippen molar-refractivity contribution in [2.75, 3.05) is 18.1 Å². The molecule has 41 heavy (non-hydrogen) atoms. The molecule has 4 rings (SSSR count). The number of rotatable bonds is 5. The maximum atomic E-state index is 13.1. The number of amides is 1. The minimum atomic E-state index is -6.01. The summed E-state index contributed by atoms with van der Waals surface area (Å²) in [6, 6.07) is 10.9. The molecule has 1 aliphatic heterocycles. The molecule has 1 aliphatic rings. The molecule has 0 saturated heterocycles. The average molecular weight is 643 g/mol. The fourth-order valence-corrected chi connectivity index (χ4v) is 5.39. The quantitative estimate of drug-likeness (QED) is 0.298. The van der Waals surface area contributed by atoms with Crippen molar-refractivity contribution in [3.8, 4) is 11.1 Å². The summed E-state index contributed by atoms with van der Waals surface area (Å²) < 4.78 is 103. The van der Waals surface area contributed by atoms with Crippen LogP contribution in [-0.4, -0.2) is 44.6 Å². The Labute approximate surface area is 242 Å². The van der Waals surface area contributed by atoms with Crippen molar-refractivity contribution in [3.63, 3.8) is 0 Å². The van der Waals surface area contributed by atoms with Gasteiger partial charge in [-0.05, 0) is 47.4 Å². The normalized spacial score (nSPS) is 16.0. The van der Waals surface area contributed by atoms with Crippen molar-refractivity contribution in [1.29, 1.82) is 0 Å². The Balaban J connectivity index is 0.00000462. The fourth-order valence-electron chi connectivity index (χ4n) is 4.43. The van der Waals surface area contributed by atoms with Crippen molar-refractivity contribution in [2.45, 2.75) is 35.3 Å². The van der Waals surface area contributed by atoms with E-state index >= 15 is 0 Å². The average Bonchev–Trinajstić information content (AvgIpc) is 2.86. The van der Waals surface area contributed by atoms with Crippen molar-refractivity contribution in [2.24, 2.45) is 0 Å². The fraction of sp³-hybridized carbons (Fsp3) is 0.269. The van der Waals surface area contributed by atoms with Gasteiger partial charge in [0.1, 0.15) is 6.04 Å². The summed E-state index contributed by atoms with van der Waals surface area (Å²) in [7, 11) is -3.43. The summed E-state index contributed by atoms with van der Waals surface area (Å²) >= 11 is 6.32.